The van der Waals surface area contributed by atoms with Crippen LogP contribution in [0.25, 0.3) is 0 Å². The fraction of sp³-hybridized carbons (Fsp3) is 0.474. The Kier molecular flexibility index (Phi) is 6.55. The molecule has 2 rings (SSSR count). The van der Waals surface area contributed by atoms with E-state index in [1.54, 1.807) is 22.8 Å². The highest BCUT2D eigenvalue weighted by Gasteiger charge is 2.27. The number of aryl methyl sites for hydroxylation is 1. The molecular formula is C19H26N2O3. The smallest absolute Gasteiger partial charge is 0.253 e. The van der Waals surface area contributed by atoms with E-state index in [1.165, 1.54) is 0 Å². The van der Waals surface area contributed by atoms with E-state index >= 15 is 0 Å². The molecule has 1 saturated heterocycles. The number of hydrogen-bond donors (Lipinski definition) is 0. The average Bonchev–Trinajstić information content (AvgIpc) is 2.61. The zero-order valence-corrected chi connectivity index (χ0v) is 14.5. The van der Waals surface area contributed by atoms with Gasteiger partial charge in [0, 0.05) is 31.7 Å². The molecule has 1 aromatic carbocycles. The van der Waals surface area contributed by atoms with Crippen LogP contribution in [0.4, 0.5) is 0 Å². The summed E-state index contributed by atoms with van der Waals surface area (Å²) >= 11 is 0. The van der Waals surface area contributed by atoms with Gasteiger partial charge in [0.25, 0.3) is 11.8 Å². The largest absolute Gasteiger partial charge is 0.368 e. The number of carbonyl (C=O) groups is 2. The second kappa shape index (κ2) is 8.64. The van der Waals surface area contributed by atoms with Crippen molar-refractivity contribution in [1.29, 1.82) is 0 Å². The standard InChI is InChI=1S/C19H26N2O3/c1-4-5-14-24-16(3)18(22)20-10-12-21(13-11-20)19(23)17-8-6-15(2)7-9-17/h4,6-9,16H,1,5,10-14H2,2-3H3. The zero-order chi connectivity index (χ0) is 17.5. The number of hydrogen-bond acceptors (Lipinski definition) is 3. The molecule has 5 nitrogen and oxygen atoms in total. The third kappa shape index (κ3) is 4.68. The van der Waals surface area contributed by atoms with Crippen molar-refractivity contribution in [2.75, 3.05) is 32.8 Å². The summed E-state index contributed by atoms with van der Waals surface area (Å²) in [6, 6.07) is 7.58. The van der Waals surface area contributed by atoms with Crippen LogP contribution in [-0.2, 0) is 9.53 Å². The van der Waals surface area contributed by atoms with E-state index in [9.17, 15) is 9.59 Å². The van der Waals surface area contributed by atoms with Crippen LogP contribution in [0.3, 0.4) is 0 Å². The fourth-order valence-corrected chi connectivity index (χ4v) is 2.67. The van der Waals surface area contributed by atoms with Crippen molar-refractivity contribution in [3.05, 3.63) is 48.0 Å². The first-order valence-electron chi connectivity index (χ1n) is 8.40. The zero-order valence-electron chi connectivity index (χ0n) is 14.5. The van der Waals surface area contributed by atoms with E-state index in [-0.39, 0.29) is 11.8 Å². The minimum atomic E-state index is -0.454. The minimum Gasteiger partial charge on any atom is -0.368 e. The molecule has 1 unspecified atom stereocenters. The van der Waals surface area contributed by atoms with Crippen molar-refractivity contribution < 1.29 is 14.3 Å². The summed E-state index contributed by atoms with van der Waals surface area (Å²) in [6.45, 7) is 10.1. The van der Waals surface area contributed by atoms with Gasteiger partial charge < -0.3 is 14.5 Å². The van der Waals surface area contributed by atoms with Crippen molar-refractivity contribution in [2.24, 2.45) is 0 Å². The molecule has 0 saturated carbocycles. The van der Waals surface area contributed by atoms with Crippen molar-refractivity contribution in [2.45, 2.75) is 26.4 Å². The normalized spacial score (nSPS) is 15.9. The highest BCUT2D eigenvalue weighted by molar-refractivity contribution is 5.94. The molecular weight excluding hydrogens is 304 g/mol. The summed E-state index contributed by atoms with van der Waals surface area (Å²) in [6.07, 6.45) is 2.05. The van der Waals surface area contributed by atoms with E-state index in [0.717, 1.165) is 12.0 Å². The maximum atomic E-state index is 12.5. The summed E-state index contributed by atoms with van der Waals surface area (Å²) in [5, 5.41) is 0. The van der Waals surface area contributed by atoms with Gasteiger partial charge in [-0.25, -0.2) is 0 Å². The van der Waals surface area contributed by atoms with Gasteiger partial charge in [-0.1, -0.05) is 23.8 Å². The number of amides is 2. The molecule has 0 N–H and O–H groups in total. The molecule has 1 aliphatic rings. The second-order valence-electron chi connectivity index (χ2n) is 6.07. The van der Waals surface area contributed by atoms with E-state index in [0.29, 0.717) is 38.3 Å². The number of piperazine rings is 1. The monoisotopic (exact) mass is 330 g/mol. The Morgan fingerprint density at radius 3 is 2.33 bits per heavy atom. The topological polar surface area (TPSA) is 49.9 Å². The first kappa shape index (κ1) is 18.2. The number of benzene rings is 1. The average molecular weight is 330 g/mol. The van der Waals surface area contributed by atoms with Gasteiger partial charge >= 0.3 is 0 Å². The molecule has 0 aliphatic carbocycles. The Bertz CT molecular complexity index is 575. The Labute approximate surface area is 143 Å². The molecule has 5 heteroatoms. The summed E-state index contributed by atoms with van der Waals surface area (Å²) in [7, 11) is 0. The van der Waals surface area contributed by atoms with E-state index < -0.39 is 6.10 Å². The number of carbonyl (C=O) groups excluding carboxylic acids is 2. The molecule has 2 amide bonds. The Hall–Kier alpha value is -2.14. The van der Waals surface area contributed by atoms with Gasteiger partial charge in [-0.05, 0) is 32.4 Å². The van der Waals surface area contributed by atoms with Gasteiger partial charge in [0.05, 0.1) is 6.61 Å². The molecule has 0 aromatic heterocycles. The molecule has 0 radical (unpaired) electrons. The third-order valence-corrected chi connectivity index (χ3v) is 4.21. The van der Waals surface area contributed by atoms with Crippen LogP contribution >= 0.6 is 0 Å². The molecule has 1 heterocycles. The van der Waals surface area contributed by atoms with E-state index in [1.807, 2.05) is 31.2 Å². The summed E-state index contributed by atoms with van der Waals surface area (Å²) < 4.78 is 5.51. The molecule has 130 valence electrons. The van der Waals surface area contributed by atoms with Crippen molar-refractivity contribution in [3.8, 4) is 0 Å². The van der Waals surface area contributed by atoms with Crippen LogP contribution in [0, 0.1) is 6.92 Å². The number of ether oxygens (including phenoxy) is 1. The van der Waals surface area contributed by atoms with Crippen LogP contribution in [0.2, 0.25) is 0 Å². The molecule has 1 aliphatic heterocycles. The molecule has 0 bridgehead atoms. The van der Waals surface area contributed by atoms with E-state index in [2.05, 4.69) is 6.58 Å². The van der Waals surface area contributed by atoms with E-state index in [4.69, 9.17) is 4.74 Å². The maximum Gasteiger partial charge on any atom is 0.253 e. The lowest BCUT2D eigenvalue weighted by molar-refractivity contribution is -0.144. The van der Waals surface area contributed by atoms with Crippen molar-refractivity contribution in [3.63, 3.8) is 0 Å². The van der Waals surface area contributed by atoms with Gasteiger partial charge in [0.1, 0.15) is 6.10 Å². The first-order chi connectivity index (χ1) is 11.5. The minimum absolute atomic E-state index is 0.0125. The van der Waals surface area contributed by atoms with Crippen molar-refractivity contribution >= 4 is 11.8 Å². The van der Waals surface area contributed by atoms with Crippen LogP contribution in [0.5, 0.6) is 0 Å². The number of rotatable bonds is 6. The highest BCUT2D eigenvalue weighted by Crippen LogP contribution is 2.11. The number of nitrogens with zero attached hydrogens (tertiary/aromatic N) is 2. The van der Waals surface area contributed by atoms with Gasteiger partial charge in [-0.3, -0.25) is 9.59 Å². The molecule has 24 heavy (non-hydrogen) atoms. The summed E-state index contributed by atoms with van der Waals surface area (Å²) in [5.74, 6) is 0.0128. The second-order valence-corrected chi connectivity index (χ2v) is 6.07. The fourth-order valence-electron chi connectivity index (χ4n) is 2.67. The molecule has 1 atom stereocenters. The molecule has 1 fully saturated rings. The van der Waals surface area contributed by atoms with Crippen molar-refractivity contribution in [1.82, 2.24) is 9.80 Å². The maximum absolute atomic E-state index is 12.5. The molecule has 0 spiro atoms. The first-order valence-corrected chi connectivity index (χ1v) is 8.40. The van der Waals surface area contributed by atoms with Gasteiger partial charge in [-0.2, -0.15) is 0 Å². The van der Waals surface area contributed by atoms with Crippen LogP contribution in [-0.4, -0.2) is 60.5 Å². The Balaban J connectivity index is 1.84. The molecule has 1 aromatic rings. The lowest BCUT2D eigenvalue weighted by atomic mass is 10.1. The van der Waals surface area contributed by atoms with Crippen LogP contribution in [0.15, 0.2) is 36.9 Å². The predicted molar refractivity (Wildman–Crippen MR) is 93.9 cm³/mol. The third-order valence-electron chi connectivity index (χ3n) is 4.21. The lowest BCUT2D eigenvalue weighted by Gasteiger charge is -2.36. The van der Waals surface area contributed by atoms with Crippen LogP contribution < -0.4 is 0 Å². The van der Waals surface area contributed by atoms with Gasteiger partial charge in [0.15, 0.2) is 0 Å². The quantitative estimate of drug-likeness (QED) is 0.594. The SMILES string of the molecule is C=CCCOC(C)C(=O)N1CCN(C(=O)c2ccc(C)cc2)CC1. The lowest BCUT2D eigenvalue weighted by Crippen LogP contribution is -2.52. The highest BCUT2D eigenvalue weighted by atomic mass is 16.5. The van der Waals surface area contributed by atoms with Gasteiger partial charge in [0.2, 0.25) is 0 Å². The summed E-state index contributed by atoms with van der Waals surface area (Å²) in [4.78, 5) is 28.4. The predicted octanol–water partition coefficient (Wildman–Crippen LogP) is 2.26. The van der Waals surface area contributed by atoms with Gasteiger partial charge in [-0.15, -0.1) is 6.58 Å². The Morgan fingerprint density at radius 2 is 1.75 bits per heavy atom. The summed E-state index contributed by atoms with van der Waals surface area (Å²) in [5.41, 5.74) is 1.83. The Morgan fingerprint density at radius 1 is 1.17 bits per heavy atom. The van der Waals surface area contributed by atoms with Crippen LogP contribution in [0.1, 0.15) is 29.3 Å².